The average Bonchev–Trinajstić information content (AvgIpc) is 3.56. The zero-order valence-corrected chi connectivity index (χ0v) is 27.6. The van der Waals surface area contributed by atoms with E-state index in [1.807, 2.05) is 0 Å². The van der Waals surface area contributed by atoms with E-state index in [0.29, 0.717) is 7.25 Å². The standard InChI is InChI=1S/2C13H15.C12H11Si.Zr/c2*1-2-3-6-11-9-12-7-4-5-8-13(12)10-11;1-3-7-11(8-4-1)13-12-9-5-2-6-10-12;/h2*4-5,7-10H,2-3,6H2,1H3;1-10,13H;. The number of benzene rings is 4. The van der Waals surface area contributed by atoms with E-state index in [4.69, 9.17) is 0 Å². The molecule has 2 unspecified atom stereocenters. The van der Waals surface area contributed by atoms with E-state index < -0.39 is 26.8 Å². The fourth-order valence-electron chi connectivity index (χ4n) is 7.13. The average molecular weight is 617 g/mol. The van der Waals surface area contributed by atoms with Crippen LogP contribution in [0.2, 0.25) is 0 Å². The van der Waals surface area contributed by atoms with Crippen LogP contribution in [-0.4, -0.2) is 5.92 Å². The first-order valence-electron chi connectivity index (χ1n) is 15.4. The van der Waals surface area contributed by atoms with Crippen molar-refractivity contribution in [2.45, 2.75) is 59.6 Å². The van der Waals surface area contributed by atoms with Crippen LogP contribution in [0.15, 0.2) is 120 Å². The van der Waals surface area contributed by atoms with Gasteiger partial charge in [0.05, 0.1) is 0 Å². The molecule has 2 aliphatic rings. The van der Waals surface area contributed by atoms with Crippen molar-refractivity contribution in [3.05, 3.63) is 143 Å². The topological polar surface area (TPSA) is 0 Å². The van der Waals surface area contributed by atoms with E-state index in [2.05, 4.69) is 135 Å². The van der Waals surface area contributed by atoms with Gasteiger partial charge in [0.1, 0.15) is 0 Å². The van der Waals surface area contributed by atoms with Crippen molar-refractivity contribution in [2.24, 2.45) is 0 Å². The summed E-state index contributed by atoms with van der Waals surface area (Å²) in [6, 6.07) is 42.4. The van der Waals surface area contributed by atoms with Gasteiger partial charge in [0.2, 0.25) is 0 Å². The van der Waals surface area contributed by atoms with E-state index in [0.717, 1.165) is 0 Å². The number of hydrogen-bond acceptors (Lipinski definition) is 0. The third kappa shape index (κ3) is 5.50. The molecule has 2 atom stereocenters. The molecule has 4 aromatic rings. The van der Waals surface area contributed by atoms with Gasteiger partial charge in [-0.05, 0) is 0 Å². The van der Waals surface area contributed by atoms with Gasteiger partial charge in [-0.25, -0.2) is 0 Å². The molecule has 6 rings (SSSR count). The van der Waals surface area contributed by atoms with Crippen LogP contribution >= 0.6 is 0 Å². The van der Waals surface area contributed by atoms with Gasteiger partial charge in [-0.15, -0.1) is 0 Å². The van der Waals surface area contributed by atoms with Crippen molar-refractivity contribution in [2.75, 3.05) is 0 Å². The quantitative estimate of drug-likeness (QED) is 0.148. The summed E-state index contributed by atoms with van der Waals surface area (Å²) in [5, 5.41) is 3.31. The van der Waals surface area contributed by atoms with Gasteiger partial charge in [-0.2, -0.15) is 0 Å². The summed E-state index contributed by atoms with van der Waals surface area (Å²) < 4.78 is 1.28. The van der Waals surface area contributed by atoms with Crippen LogP contribution < -0.4 is 10.4 Å². The van der Waals surface area contributed by atoms with Crippen molar-refractivity contribution in [1.29, 1.82) is 0 Å². The summed E-state index contributed by atoms with van der Waals surface area (Å²) in [7, 11) is 0. The van der Waals surface area contributed by atoms with Gasteiger partial charge in [0.25, 0.3) is 0 Å². The van der Waals surface area contributed by atoms with Gasteiger partial charge >= 0.3 is 252 Å². The fraction of sp³-hybridized carbons (Fsp3) is 0.263. The van der Waals surface area contributed by atoms with Crippen molar-refractivity contribution in [3.8, 4) is 0 Å². The Morgan fingerprint density at radius 3 is 1.35 bits per heavy atom. The van der Waals surface area contributed by atoms with Crippen LogP contribution in [-0.2, 0) is 20.9 Å². The molecular weight excluding hydrogens is 576 g/mol. The van der Waals surface area contributed by atoms with Crippen LogP contribution in [0.5, 0.6) is 0 Å². The molecule has 0 fully saturated rings. The molecule has 0 heterocycles. The predicted molar refractivity (Wildman–Crippen MR) is 173 cm³/mol. The monoisotopic (exact) mass is 615 g/mol. The van der Waals surface area contributed by atoms with Gasteiger partial charge in [-0.1, -0.05) is 0 Å². The van der Waals surface area contributed by atoms with Crippen molar-refractivity contribution >= 4 is 28.4 Å². The molecule has 0 spiro atoms. The van der Waals surface area contributed by atoms with Crippen LogP contribution in [0.25, 0.3) is 12.2 Å². The van der Waals surface area contributed by atoms with Crippen LogP contribution in [0.3, 0.4) is 0 Å². The Morgan fingerprint density at radius 2 is 0.925 bits per heavy atom. The molecule has 0 saturated carbocycles. The molecule has 201 valence electrons. The van der Waals surface area contributed by atoms with E-state index >= 15 is 0 Å². The second-order valence-electron chi connectivity index (χ2n) is 11.5. The molecule has 0 bridgehead atoms. The van der Waals surface area contributed by atoms with Crippen LogP contribution in [0.4, 0.5) is 0 Å². The Labute approximate surface area is 250 Å². The SMILES string of the molecule is CCCCC1=Cc2ccccc2[CH]1[Zr]([CH]1C(CCCC)=Cc2ccccc21)[SiH](c1ccccc1)c1ccccc1. The number of unbranched alkanes of at least 4 members (excludes halogenated alkanes) is 2. The third-order valence-electron chi connectivity index (χ3n) is 8.94. The Bertz CT molecular complexity index is 1370. The zero-order chi connectivity index (χ0) is 27.3. The number of allylic oxidation sites excluding steroid dienone is 2. The normalized spacial score (nSPS) is 17.4. The maximum absolute atomic E-state index is 2.62. The Kier molecular flexibility index (Phi) is 8.95. The fourth-order valence-corrected chi connectivity index (χ4v) is 35.4. The first-order chi connectivity index (χ1) is 19.8. The van der Waals surface area contributed by atoms with Crippen molar-refractivity contribution < 1.29 is 20.9 Å². The molecule has 40 heavy (non-hydrogen) atoms. The molecule has 2 aliphatic carbocycles. The van der Waals surface area contributed by atoms with E-state index in [1.54, 1.807) is 32.6 Å². The van der Waals surface area contributed by atoms with Gasteiger partial charge in [0, 0.05) is 0 Å². The molecule has 0 aromatic heterocycles. The number of fused-ring (bicyclic) bond motifs is 2. The molecule has 0 amide bonds. The number of hydrogen-bond donors (Lipinski definition) is 0. The summed E-state index contributed by atoms with van der Waals surface area (Å²) in [4.78, 5) is 0. The predicted octanol–water partition coefficient (Wildman–Crippen LogP) is 8.80. The second kappa shape index (κ2) is 13.0. The van der Waals surface area contributed by atoms with Crippen LogP contribution in [0, 0.1) is 0 Å². The van der Waals surface area contributed by atoms with E-state index in [9.17, 15) is 0 Å². The summed E-state index contributed by atoms with van der Waals surface area (Å²) in [6.45, 7) is 4.70. The van der Waals surface area contributed by atoms with Gasteiger partial charge in [-0.3, -0.25) is 0 Å². The molecule has 0 N–H and O–H groups in total. The maximum atomic E-state index is 2.62. The Balaban J connectivity index is 1.61. The molecule has 0 nitrogen and oxygen atoms in total. The van der Waals surface area contributed by atoms with E-state index in [1.165, 1.54) is 49.7 Å². The molecule has 2 heteroatoms. The Morgan fingerprint density at radius 1 is 0.525 bits per heavy atom. The van der Waals surface area contributed by atoms with E-state index in [-0.39, 0.29) is 0 Å². The second-order valence-corrected chi connectivity index (χ2v) is 27.2. The minimum absolute atomic E-state index is 0.642. The minimum atomic E-state index is -2.45. The summed E-state index contributed by atoms with van der Waals surface area (Å²) in [5.41, 5.74) is 9.78. The van der Waals surface area contributed by atoms with Crippen molar-refractivity contribution in [1.82, 2.24) is 0 Å². The molecule has 0 radical (unpaired) electrons. The molecular formula is C38H41SiZr. The molecule has 0 aliphatic heterocycles. The Hall–Kier alpha value is -2.54. The van der Waals surface area contributed by atoms with Crippen LogP contribution in [0.1, 0.15) is 81.9 Å². The van der Waals surface area contributed by atoms with Gasteiger partial charge in [0.15, 0.2) is 0 Å². The summed E-state index contributed by atoms with van der Waals surface area (Å²) in [6.07, 6.45) is 12.8. The third-order valence-corrected chi connectivity index (χ3v) is 32.1. The molecule has 0 saturated heterocycles. The summed E-state index contributed by atoms with van der Waals surface area (Å²) in [5.74, 6) is -1.52. The molecule has 4 aromatic carbocycles. The summed E-state index contributed by atoms with van der Waals surface area (Å²) >= 11 is -2.45. The number of rotatable bonds is 11. The zero-order valence-electron chi connectivity index (χ0n) is 24.0. The van der Waals surface area contributed by atoms with Gasteiger partial charge < -0.3 is 0 Å². The van der Waals surface area contributed by atoms with Crippen molar-refractivity contribution in [3.63, 3.8) is 0 Å². The first kappa shape index (κ1) is 27.6. The first-order valence-corrected chi connectivity index (χ1v) is 24.2.